The number of para-hydroxylation sites is 2. The van der Waals surface area contributed by atoms with Crippen molar-refractivity contribution in [2.45, 2.75) is 13.8 Å². The van der Waals surface area contributed by atoms with Crippen LogP contribution in [0, 0.1) is 13.8 Å². The van der Waals surface area contributed by atoms with Crippen molar-refractivity contribution in [3.8, 4) is 5.75 Å². The number of amides is 1. The lowest BCUT2D eigenvalue weighted by Gasteiger charge is -2.19. The Kier molecular flexibility index (Phi) is 4.48. The Hall–Kier alpha value is -2.49. The molecule has 0 bridgehead atoms. The molecule has 110 valence electrons. The number of rotatable bonds is 4. The summed E-state index contributed by atoms with van der Waals surface area (Å²) in [5, 5.41) is 0. The lowest BCUT2D eigenvalue weighted by molar-refractivity contribution is -0.120. The molecule has 0 fully saturated rings. The van der Waals surface area contributed by atoms with Gasteiger partial charge in [-0.25, -0.2) is 0 Å². The summed E-state index contributed by atoms with van der Waals surface area (Å²) in [5.41, 5.74) is 9.42. The van der Waals surface area contributed by atoms with Crippen molar-refractivity contribution in [3.63, 3.8) is 0 Å². The first-order chi connectivity index (χ1) is 9.97. The van der Waals surface area contributed by atoms with Crippen molar-refractivity contribution in [3.05, 3.63) is 53.6 Å². The Labute approximate surface area is 125 Å². The van der Waals surface area contributed by atoms with Crippen molar-refractivity contribution in [2.75, 3.05) is 24.3 Å². The number of carbonyl (C=O) groups excluding carboxylic acids is 1. The lowest BCUT2D eigenvalue weighted by Crippen LogP contribution is -2.31. The molecule has 0 saturated carbocycles. The molecule has 4 heteroatoms. The second kappa shape index (κ2) is 6.31. The van der Waals surface area contributed by atoms with Crippen molar-refractivity contribution in [1.29, 1.82) is 0 Å². The first kappa shape index (κ1) is 14.9. The van der Waals surface area contributed by atoms with Gasteiger partial charge in [-0.05, 0) is 49.2 Å². The van der Waals surface area contributed by atoms with Crippen LogP contribution in [0.2, 0.25) is 0 Å². The van der Waals surface area contributed by atoms with Crippen molar-refractivity contribution >= 4 is 17.3 Å². The maximum atomic E-state index is 12.2. The third-order valence-electron chi connectivity index (χ3n) is 3.24. The van der Waals surface area contributed by atoms with Gasteiger partial charge in [-0.15, -0.1) is 0 Å². The van der Waals surface area contributed by atoms with Crippen LogP contribution in [0.25, 0.3) is 0 Å². The predicted octanol–water partition coefficient (Wildman–Crippen LogP) is 2.93. The molecule has 0 unspecified atom stereocenters. The number of carbonyl (C=O) groups is 1. The van der Waals surface area contributed by atoms with Crippen LogP contribution in [-0.2, 0) is 4.79 Å². The molecule has 0 atom stereocenters. The minimum atomic E-state index is -0.122. The van der Waals surface area contributed by atoms with Crippen LogP contribution in [0.5, 0.6) is 5.75 Å². The van der Waals surface area contributed by atoms with Gasteiger partial charge in [0, 0.05) is 12.7 Å². The van der Waals surface area contributed by atoms with Crippen LogP contribution >= 0.6 is 0 Å². The Bertz CT molecular complexity index is 633. The highest BCUT2D eigenvalue weighted by Gasteiger charge is 2.13. The van der Waals surface area contributed by atoms with Gasteiger partial charge in [-0.3, -0.25) is 4.79 Å². The first-order valence-electron chi connectivity index (χ1n) is 6.79. The summed E-state index contributed by atoms with van der Waals surface area (Å²) < 4.78 is 5.49. The maximum Gasteiger partial charge on any atom is 0.264 e. The fourth-order valence-electron chi connectivity index (χ4n) is 2.14. The van der Waals surface area contributed by atoms with Crippen molar-refractivity contribution < 1.29 is 9.53 Å². The van der Waals surface area contributed by atoms with E-state index in [9.17, 15) is 4.79 Å². The standard InChI is InChI=1S/C17H20N2O2/c1-12-8-13(2)10-14(9-12)19(3)17(20)11-21-16-7-5-4-6-15(16)18/h4-10H,11,18H2,1-3H3. The molecule has 2 aromatic rings. The summed E-state index contributed by atoms with van der Waals surface area (Å²) in [7, 11) is 1.74. The molecule has 4 nitrogen and oxygen atoms in total. The van der Waals surface area contributed by atoms with Crippen LogP contribution in [-0.4, -0.2) is 19.6 Å². The van der Waals surface area contributed by atoms with Crippen molar-refractivity contribution in [1.82, 2.24) is 0 Å². The zero-order chi connectivity index (χ0) is 15.4. The summed E-state index contributed by atoms with van der Waals surface area (Å²) in [6, 6.07) is 13.2. The largest absolute Gasteiger partial charge is 0.482 e. The number of nitrogen functional groups attached to an aromatic ring is 1. The van der Waals surface area contributed by atoms with E-state index in [1.54, 1.807) is 24.1 Å². The highest BCUT2D eigenvalue weighted by molar-refractivity contribution is 5.94. The number of anilines is 2. The van der Waals surface area contributed by atoms with E-state index >= 15 is 0 Å². The van der Waals surface area contributed by atoms with E-state index in [-0.39, 0.29) is 12.5 Å². The molecule has 1 amide bonds. The van der Waals surface area contributed by atoms with E-state index in [2.05, 4.69) is 6.07 Å². The number of nitrogens with two attached hydrogens (primary N) is 1. The average molecular weight is 284 g/mol. The molecule has 2 N–H and O–H groups in total. The lowest BCUT2D eigenvalue weighted by atomic mass is 10.1. The van der Waals surface area contributed by atoms with Gasteiger partial charge in [0.1, 0.15) is 5.75 Å². The SMILES string of the molecule is Cc1cc(C)cc(N(C)C(=O)COc2ccccc2N)c1. The van der Waals surface area contributed by atoms with E-state index in [4.69, 9.17) is 10.5 Å². The predicted molar refractivity (Wildman–Crippen MR) is 85.7 cm³/mol. The number of hydrogen-bond acceptors (Lipinski definition) is 3. The Morgan fingerprint density at radius 1 is 1.14 bits per heavy atom. The highest BCUT2D eigenvalue weighted by atomic mass is 16.5. The Morgan fingerprint density at radius 3 is 2.38 bits per heavy atom. The molecule has 2 rings (SSSR count). The van der Waals surface area contributed by atoms with Gasteiger partial charge in [-0.2, -0.15) is 0 Å². The third kappa shape index (κ3) is 3.75. The van der Waals surface area contributed by atoms with Gasteiger partial charge in [0.2, 0.25) is 0 Å². The van der Waals surface area contributed by atoms with Gasteiger partial charge >= 0.3 is 0 Å². The minimum Gasteiger partial charge on any atom is -0.482 e. The number of benzene rings is 2. The second-order valence-electron chi connectivity index (χ2n) is 5.13. The second-order valence-corrected chi connectivity index (χ2v) is 5.13. The van der Waals surface area contributed by atoms with E-state index in [0.29, 0.717) is 11.4 Å². The number of aryl methyl sites for hydroxylation is 2. The van der Waals surface area contributed by atoms with Crippen LogP contribution in [0.3, 0.4) is 0 Å². The summed E-state index contributed by atoms with van der Waals surface area (Å²) >= 11 is 0. The molecule has 0 radical (unpaired) electrons. The number of likely N-dealkylation sites (N-methyl/N-ethyl adjacent to an activating group) is 1. The molecule has 0 aromatic heterocycles. The summed E-state index contributed by atoms with van der Waals surface area (Å²) in [5.74, 6) is 0.405. The van der Waals surface area contributed by atoms with E-state index < -0.39 is 0 Å². The van der Waals surface area contributed by atoms with E-state index in [1.165, 1.54) is 0 Å². The Balaban J connectivity index is 2.04. The quantitative estimate of drug-likeness (QED) is 0.878. The van der Waals surface area contributed by atoms with Crippen LogP contribution in [0.4, 0.5) is 11.4 Å². The van der Waals surface area contributed by atoms with Gasteiger partial charge in [0.15, 0.2) is 6.61 Å². The van der Waals surface area contributed by atoms with Crippen LogP contribution < -0.4 is 15.4 Å². The molecule has 0 aliphatic heterocycles. The molecule has 0 spiro atoms. The van der Waals surface area contributed by atoms with Gasteiger partial charge in [0.25, 0.3) is 5.91 Å². The molecule has 0 saturated heterocycles. The van der Waals surface area contributed by atoms with E-state index in [0.717, 1.165) is 16.8 Å². The van der Waals surface area contributed by atoms with Crippen molar-refractivity contribution in [2.24, 2.45) is 0 Å². The van der Waals surface area contributed by atoms with Gasteiger partial charge in [-0.1, -0.05) is 18.2 Å². The number of hydrogen-bond donors (Lipinski definition) is 1. The first-order valence-corrected chi connectivity index (χ1v) is 6.79. The zero-order valence-corrected chi connectivity index (χ0v) is 12.6. The minimum absolute atomic E-state index is 0.0439. The Morgan fingerprint density at radius 2 is 1.76 bits per heavy atom. The molecule has 21 heavy (non-hydrogen) atoms. The molecular weight excluding hydrogens is 264 g/mol. The molecule has 2 aromatic carbocycles. The third-order valence-corrected chi connectivity index (χ3v) is 3.24. The summed E-state index contributed by atoms with van der Waals surface area (Å²) in [6.07, 6.45) is 0. The summed E-state index contributed by atoms with van der Waals surface area (Å²) in [6.45, 7) is 3.98. The normalized spacial score (nSPS) is 10.2. The monoisotopic (exact) mass is 284 g/mol. The maximum absolute atomic E-state index is 12.2. The smallest absolute Gasteiger partial charge is 0.264 e. The van der Waals surface area contributed by atoms with Gasteiger partial charge in [0.05, 0.1) is 5.69 Å². The summed E-state index contributed by atoms with van der Waals surface area (Å²) in [4.78, 5) is 13.8. The number of nitrogens with zero attached hydrogens (tertiary/aromatic N) is 1. The average Bonchev–Trinajstić information content (AvgIpc) is 2.44. The highest BCUT2D eigenvalue weighted by Crippen LogP contribution is 2.21. The topological polar surface area (TPSA) is 55.6 Å². The van der Waals surface area contributed by atoms with Gasteiger partial charge < -0.3 is 15.4 Å². The fraction of sp³-hybridized carbons (Fsp3) is 0.235. The molecular formula is C17H20N2O2. The number of ether oxygens (including phenoxy) is 1. The zero-order valence-electron chi connectivity index (χ0n) is 12.6. The van der Waals surface area contributed by atoms with E-state index in [1.807, 2.05) is 38.1 Å². The molecule has 0 aliphatic carbocycles. The molecule has 0 heterocycles. The van der Waals surface area contributed by atoms with Crippen LogP contribution in [0.1, 0.15) is 11.1 Å². The fourth-order valence-corrected chi connectivity index (χ4v) is 2.14. The van der Waals surface area contributed by atoms with Crippen LogP contribution in [0.15, 0.2) is 42.5 Å². The molecule has 0 aliphatic rings.